The zero-order valence-corrected chi connectivity index (χ0v) is 12.9. The second-order valence-electron chi connectivity index (χ2n) is 5.34. The van der Waals surface area contributed by atoms with Gasteiger partial charge in [0.15, 0.2) is 5.82 Å². The quantitative estimate of drug-likeness (QED) is 0.801. The van der Waals surface area contributed by atoms with Crippen molar-refractivity contribution >= 4 is 5.82 Å². The van der Waals surface area contributed by atoms with Crippen LogP contribution < -0.4 is 5.73 Å². The van der Waals surface area contributed by atoms with E-state index < -0.39 is 0 Å². The molecule has 0 aliphatic heterocycles. The van der Waals surface area contributed by atoms with Crippen molar-refractivity contribution in [2.45, 2.75) is 19.8 Å². The molecule has 0 radical (unpaired) electrons. The highest BCUT2D eigenvalue weighted by Crippen LogP contribution is 2.26. The molecule has 1 heterocycles. The highest BCUT2D eigenvalue weighted by molar-refractivity contribution is 5.71. The molecule has 0 aliphatic carbocycles. The first-order valence-electron chi connectivity index (χ1n) is 7.54. The summed E-state index contributed by atoms with van der Waals surface area (Å²) in [6, 6.07) is 17.4. The maximum Gasteiger partial charge on any atom is 0.155 e. The molecule has 1 aromatic heterocycles. The number of hydrogen-bond acceptors (Lipinski definition) is 4. The predicted molar refractivity (Wildman–Crippen MR) is 89.9 cm³/mol. The zero-order valence-electron chi connectivity index (χ0n) is 12.9. The topological polar surface area (TPSA) is 80.5 Å². The van der Waals surface area contributed by atoms with Crippen LogP contribution in [0.25, 0.3) is 16.9 Å². The Kier molecular flexibility index (Phi) is 4.07. The molecule has 5 heteroatoms. The first kappa shape index (κ1) is 14.8. The number of anilines is 1. The molecule has 0 amide bonds. The summed E-state index contributed by atoms with van der Waals surface area (Å²) in [5.74, 6) is 0.461. The van der Waals surface area contributed by atoms with Gasteiger partial charge in [0.25, 0.3) is 0 Å². The summed E-state index contributed by atoms with van der Waals surface area (Å²) in [5.41, 5.74) is 10.4. The second kappa shape index (κ2) is 6.32. The van der Waals surface area contributed by atoms with Gasteiger partial charge in [-0.15, -0.1) is 5.10 Å². The average Bonchev–Trinajstić information content (AvgIpc) is 2.97. The van der Waals surface area contributed by atoms with E-state index in [1.807, 2.05) is 18.2 Å². The van der Waals surface area contributed by atoms with Gasteiger partial charge >= 0.3 is 0 Å². The molecule has 0 saturated heterocycles. The number of aryl methyl sites for hydroxylation is 1. The van der Waals surface area contributed by atoms with E-state index in [1.165, 1.54) is 5.56 Å². The fourth-order valence-electron chi connectivity index (χ4n) is 2.51. The molecule has 0 fully saturated rings. The number of nitrogens with two attached hydrogens (primary N) is 1. The maximum absolute atomic E-state index is 9.00. The van der Waals surface area contributed by atoms with Crippen LogP contribution in [-0.2, 0) is 6.42 Å². The smallest absolute Gasteiger partial charge is 0.155 e. The van der Waals surface area contributed by atoms with Gasteiger partial charge in [-0.25, -0.2) is 0 Å². The Bertz CT molecular complexity index is 856. The summed E-state index contributed by atoms with van der Waals surface area (Å²) in [4.78, 5) is 0. The summed E-state index contributed by atoms with van der Waals surface area (Å²) in [6.45, 7) is 2.16. The largest absolute Gasteiger partial charge is 0.382 e. The molecule has 2 N–H and O–H groups in total. The van der Waals surface area contributed by atoms with Crippen molar-refractivity contribution in [3.8, 4) is 23.0 Å². The van der Waals surface area contributed by atoms with E-state index in [2.05, 4.69) is 35.4 Å². The van der Waals surface area contributed by atoms with Gasteiger partial charge in [-0.1, -0.05) is 48.9 Å². The Labute approximate surface area is 135 Å². The number of aromatic nitrogens is 3. The molecule has 114 valence electrons. The molecule has 5 nitrogen and oxygen atoms in total. The van der Waals surface area contributed by atoms with Gasteiger partial charge in [0.05, 0.1) is 17.3 Å². The van der Waals surface area contributed by atoms with Crippen molar-refractivity contribution in [2.75, 3.05) is 5.73 Å². The molecule has 3 rings (SSSR count). The predicted octanol–water partition coefficient (Wildman–Crippen LogP) is 3.34. The summed E-state index contributed by atoms with van der Waals surface area (Å²) in [7, 11) is 0. The van der Waals surface area contributed by atoms with Crippen LogP contribution in [0.5, 0.6) is 0 Å². The Morgan fingerprint density at radius 2 is 1.96 bits per heavy atom. The van der Waals surface area contributed by atoms with E-state index in [4.69, 9.17) is 11.0 Å². The lowest BCUT2D eigenvalue weighted by atomic mass is 10.1. The highest BCUT2D eigenvalue weighted by Gasteiger charge is 2.13. The molecule has 2 aromatic carbocycles. The standard InChI is InChI=1S/C18H17N5/c1-2-4-13-7-9-15(10-8-13)17-18(20)23(22-21-17)16-6-3-5-14(11-16)12-19/h3,5-11H,2,4,20H2,1H3. The molecule has 0 unspecified atom stereocenters. The third kappa shape index (κ3) is 2.92. The number of nitrogens with zero attached hydrogens (tertiary/aromatic N) is 4. The minimum Gasteiger partial charge on any atom is -0.382 e. The van der Waals surface area contributed by atoms with Crippen LogP contribution in [0.4, 0.5) is 5.82 Å². The average molecular weight is 303 g/mol. The van der Waals surface area contributed by atoms with Crippen LogP contribution in [0, 0.1) is 11.3 Å². The molecule has 0 aliphatic rings. The van der Waals surface area contributed by atoms with Crippen molar-refractivity contribution in [2.24, 2.45) is 0 Å². The van der Waals surface area contributed by atoms with Gasteiger partial charge in [-0.3, -0.25) is 0 Å². The van der Waals surface area contributed by atoms with Crippen molar-refractivity contribution in [3.63, 3.8) is 0 Å². The maximum atomic E-state index is 9.00. The fraction of sp³-hybridized carbons (Fsp3) is 0.167. The van der Waals surface area contributed by atoms with Crippen LogP contribution >= 0.6 is 0 Å². The lowest BCUT2D eigenvalue weighted by Gasteiger charge is -2.04. The third-order valence-corrected chi connectivity index (χ3v) is 3.69. The third-order valence-electron chi connectivity index (χ3n) is 3.69. The molecular weight excluding hydrogens is 286 g/mol. The van der Waals surface area contributed by atoms with Gasteiger partial charge in [0.2, 0.25) is 0 Å². The fourth-order valence-corrected chi connectivity index (χ4v) is 2.51. The minimum atomic E-state index is 0.461. The van der Waals surface area contributed by atoms with Crippen LogP contribution in [0.3, 0.4) is 0 Å². The lowest BCUT2D eigenvalue weighted by molar-refractivity contribution is 0.810. The van der Waals surface area contributed by atoms with E-state index in [0.717, 1.165) is 24.1 Å². The molecule has 0 spiro atoms. The van der Waals surface area contributed by atoms with Crippen molar-refractivity contribution in [3.05, 3.63) is 59.7 Å². The van der Waals surface area contributed by atoms with Crippen LogP contribution in [0.1, 0.15) is 24.5 Å². The van der Waals surface area contributed by atoms with Crippen LogP contribution in [0.15, 0.2) is 48.5 Å². The Balaban J connectivity index is 1.97. The number of nitriles is 1. The van der Waals surface area contributed by atoms with Crippen molar-refractivity contribution < 1.29 is 0 Å². The SMILES string of the molecule is CCCc1ccc(-c2nnn(-c3cccc(C#N)c3)c2N)cc1. The molecule has 0 saturated carbocycles. The zero-order chi connectivity index (χ0) is 16.2. The molecule has 23 heavy (non-hydrogen) atoms. The summed E-state index contributed by atoms with van der Waals surface area (Å²) < 4.78 is 1.55. The highest BCUT2D eigenvalue weighted by atomic mass is 15.5. The lowest BCUT2D eigenvalue weighted by Crippen LogP contribution is -2.02. The summed E-state index contributed by atoms with van der Waals surface area (Å²) in [6.07, 6.45) is 2.18. The van der Waals surface area contributed by atoms with Crippen molar-refractivity contribution in [1.82, 2.24) is 15.0 Å². The Hall–Kier alpha value is -3.13. The normalized spacial score (nSPS) is 10.4. The monoisotopic (exact) mass is 303 g/mol. The first-order chi connectivity index (χ1) is 11.2. The first-order valence-corrected chi connectivity index (χ1v) is 7.54. The van der Waals surface area contributed by atoms with E-state index in [1.54, 1.807) is 22.9 Å². The van der Waals surface area contributed by atoms with E-state index in [-0.39, 0.29) is 0 Å². The summed E-state index contributed by atoms with van der Waals surface area (Å²) >= 11 is 0. The van der Waals surface area contributed by atoms with E-state index >= 15 is 0 Å². The van der Waals surface area contributed by atoms with E-state index in [9.17, 15) is 0 Å². The molecular formula is C18H17N5. The van der Waals surface area contributed by atoms with E-state index in [0.29, 0.717) is 17.1 Å². The van der Waals surface area contributed by atoms with Crippen molar-refractivity contribution in [1.29, 1.82) is 5.26 Å². The minimum absolute atomic E-state index is 0.461. The molecule has 3 aromatic rings. The molecule has 0 atom stereocenters. The number of hydrogen-bond donors (Lipinski definition) is 1. The van der Waals surface area contributed by atoms with Gasteiger partial charge < -0.3 is 5.73 Å². The number of rotatable bonds is 4. The molecule has 0 bridgehead atoms. The second-order valence-corrected chi connectivity index (χ2v) is 5.34. The van der Waals surface area contributed by atoms with Gasteiger partial charge in [0, 0.05) is 5.56 Å². The van der Waals surface area contributed by atoms with Crippen LogP contribution in [0.2, 0.25) is 0 Å². The van der Waals surface area contributed by atoms with Gasteiger partial charge in [0.1, 0.15) is 5.69 Å². The summed E-state index contributed by atoms with van der Waals surface area (Å²) in [5, 5.41) is 17.3. The van der Waals surface area contributed by atoms with Gasteiger partial charge in [-0.2, -0.15) is 9.94 Å². The Morgan fingerprint density at radius 3 is 2.65 bits per heavy atom. The number of benzene rings is 2. The Morgan fingerprint density at radius 1 is 1.17 bits per heavy atom. The number of nitrogen functional groups attached to an aromatic ring is 1. The van der Waals surface area contributed by atoms with Crippen LogP contribution in [-0.4, -0.2) is 15.0 Å². The van der Waals surface area contributed by atoms with Gasteiger partial charge in [-0.05, 0) is 30.2 Å².